The highest BCUT2D eigenvalue weighted by molar-refractivity contribution is 5.34. The summed E-state index contributed by atoms with van der Waals surface area (Å²) in [5.74, 6) is 1.43. The van der Waals surface area contributed by atoms with Crippen LogP contribution in [0.2, 0.25) is 0 Å². The number of carbonyl (C=O) groups excluding carboxylic acids is 1. The van der Waals surface area contributed by atoms with E-state index in [1.54, 1.807) is 13.2 Å². The maximum absolute atomic E-state index is 9.89. The average molecular weight is 207 g/mol. The Labute approximate surface area is 88.5 Å². The highest BCUT2D eigenvalue weighted by atomic mass is 16.5. The van der Waals surface area contributed by atoms with Crippen molar-refractivity contribution in [1.29, 1.82) is 0 Å². The molecule has 0 aliphatic rings. The summed E-state index contributed by atoms with van der Waals surface area (Å²) in [6.07, 6.45) is 1.32. The van der Waals surface area contributed by atoms with Crippen LogP contribution in [0, 0.1) is 0 Å². The van der Waals surface area contributed by atoms with Crippen molar-refractivity contribution in [2.45, 2.75) is 13.0 Å². The molecule has 0 heterocycles. The molecule has 1 aromatic carbocycles. The molecule has 0 radical (unpaired) electrons. The minimum absolute atomic E-state index is 0.154. The number of methoxy groups -OCH3 is 1. The van der Waals surface area contributed by atoms with Gasteiger partial charge in [-0.05, 0) is 19.1 Å². The van der Waals surface area contributed by atoms with Gasteiger partial charge < -0.3 is 9.47 Å². The van der Waals surface area contributed by atoms with Gasteiger partial charge in [0.15, 0.2) is 0 Å². The van der Waals surface area contributed by atoms with Crippen molar-refractivity contribution >= 4 is 6.08 Å². The first-order valence-electron chi connectivity index (χ1n) is 4.60. The summed E-state index contributed by atoms with van der Waals surface area (Å²) >= 11 is 0. The average Bonchev–Trinajstić information content (AvgIpc) is 2.26. The largest absolute Gasteiger partial charge is 0.497 e. The zero-order valence-corrected chi connectivity index (χ0v) is 8.77. The molecule has 0 bridgehead atoms. The van der Waals surface area contributed by atoms with Gasteiger partial charge in [0.2, 0.25) is 6.08 Å². The van der Waals surface area contributed by atoms with Crippen LogP contribution in [0.1, 0.15) is 6.92 Å². The van der Waals surface area contributed by atoms with Crippen LogP contribution in [0.15, 0.2) is 29.3 Å². The number of ether oxygens (including phenoxy) is 2. The molecule has 0 saturated carbocycles. The van der Waals surface area contributed by atoms with Gasteiger partial charge in [0.05, 0.1) is 13.7 Å². The van der Waals surface area contributed by atoms with Gasteiger partial charge in [0.1, 0.15) is 17.6 Å². The summed E-state index contributed by atoms with van der Waals surface area (Å²) in [7, 11) is 1.60. The topological polar surface area (TPSA) is 47.9 Å². The summed E-state index contributed by atoms with van der Waals surface area (Å²) in [6, 6.07) is 7.27. The molecule has 1 atom stereocenters. The molecule has 1 rings (SSSR count). The number of rotatable bonds is 5. The molecule has 0 N–H and O–H groups in total. The van der Waals surface area contributed by atoms with E-state index in [0.717, 1.165) is 5.75 Å². The molecule has 0 fully saturated rings. The lowest BCUT2D eigenvalue weighted by atomic mass is 10.3. The van der Waals surface area contributed by atoms with E-state index in [1.807, 2.05) is 25.1 Å². The Morgan fingerprint density at radius 3 is 2.87 bits per heavy atom. The van der Waals surface area contributed by atoms with Crippen LogP contribution in [0.25, 0.3) is 0 Å². The third-order valence-electron chi connectivity index (χ3n) is 1.79. The lowest BCUT2D eigenvalue weighted by Gasteiger charge is -2.12. The van der Waals surface area contributed by atoms with Crippen molar-refractivity contribution in [2.24, 2.45) is 4.99 Å². The fourth-order valence-corrected chi connectivity index (χ4v) is 1.11. The monoisotopic (exact) mass is 207 g/mol. The first-order valence-corrected chi connectivity index (χ1v) is 4.60. The zero-order valence-electron chi connectivity index (χ0n) is 8.77. The Balaban J connectivity index is 2.59. The van der Waals surface area contributed by atoms with Gasteiger partial charge in [-0.2, -0.15) is 0 Å². The second-order valence-corrected chi connectivity index (χ2v) is 3.04. The van der Waals surface area contributed by atoms with E-state index in [2.05, 4.69) is 4.99 Å². The van der Waals surface area contributed by atoms with Crippen LogP contribution < -0.4 is 9.47 Å². The first-order chi connectivity index (χ1) is 7.26. The summed E-state index contributed by atoms with van der Waals surface area (Å²) < 4.78 is 10.6. The van der Waals surface area contributed by atoms with Gasteiger partial charge in [-0.1, -0.05) is 6.07 Å². The molecule has 0 aliphatic heterocycles. The van der Waals surface area contributed by atoms with Crippen molar-refractivity contribution < 1.29 is 14.3 Å². The second-order valence-electron chi connectivity index (χ2n) is 3.04. The molecule has 0 aliphatic carbocycles. The quantitative estimate of drug-likeness (QED) is 0.546. The summed E-state index contributed by atoms with van der Waals surface area (Å²) in [5.41, 5.74) is 0. The van der Waals surface area contributed by atoms with Crippen molar-refractivity contribution in [3.05, 3.63) is 24.3 Å². The van der Waals surface area contributed by atoms with Gasteiger partial charge in [-0.15, -0.1) is 0 Å². The second kappa shape index (κ2) is 5.83. The van der Waals surface area contributed by atoms with E-state index in [-0.39, 0.29) is 6.10 Å². The Hall–Kier alpha value is -1.80. The SMILES string of the molecule is COc1cccc(OC(C)CN=C=O)c1. The van der Waals surface area contributed by atoms with Crippen molar-refractivity contribution in [1.82, 2.24) is 0 Å². The van der Waals surface area contributed by atoms with E-state index in [0.29, 0.717) is 12.3 Å². The molecule has 4 heteroatoms. The fourth-order valence-electron chi connectivity index (χ4n) is 1.11. The summed E-state index contributed by atoms with van der Waals surface area (Å²) in [5, 5.41) is 0. The van der Waals surface area contributed by atoms with E-state index in [4.69, 9.17) is 9.47 Å². The molecule has 15 heavy (non-hydrogen) atoms. The standard InChI is InChI=1S/C11H13NO3/c1-9(7-12-8-13)15-11-5-3-4-10(6-11)14-2/h3-6,9H,7H2,1-2H3. The van der Waals surface area contributed by atoms with E-state index >= 15 is 0 Å². The maximum Gasteiger partial charge on any atom is 0.235 e. The molecule has 0 spiro atoms. The smallest absolute Gasteiger partial charge is 0.235 e. The van der Waals surface area contributed by atoms with Crippen LogP contribution in [0.4, 0.5) is 0 Å². The molecule has 0 saturated heterocycles. The molecule has 0 amide bonds. The van der Waals surface area contributed by atoms with Gasteiger partial charge in [-0.25, -0.2) is 9.79 Å². The normalized spacial score (nSPS) is 11.3. The molecule has 1 aromatic rings. The minimum atomic E-state index is -0.154. The lowest BCUT2D eigenvalue weighted by molar-refractivity contribution is 0.229. The molecular formula is C11H13NO3. The van der Waals surface area contributed by atoms with Crippen LogP contribution in [0.3, 0.4) is 0 Å². The predicted octanol–water partition coefficient (Wildman–Crippen LogP) is 1.80. The number of hydrogen-bond acceptors (Lipinski definition) is 4. The van der Waals surface area contributed by atoms with Crippen molar-refractivity contribution in [3.8, 4) is 11.5 Å². The van der Waals surface area contributed by atoms with Crippen molar-refractivity contribution in [2.75, 3.05) is 13.7 Å². The van der Waals surface area contributed by atoms with Crippen LogP contribution in [0.5, 0.6) is 11.5 Å². The van der Waals surface area contributed by atoms with Gasteiger partial charge in [-0.3, -0.25) is 0 Å². The highest BCUT2D eigenvalue weighted by Crippen LogP contribution is 2.19. The molecule has 80 valence electrons. The van der Waals surface area contributed by atoms with Gasteiger partial charge >= 0.3 is 0 Å². The highest BCUT2D eigenvalue weighted by Gasteiger charge is 2.03. The molecule has 1 unspecified atom stereocenters. The van der Waals surface area contributed by atoms with Gasteiger partial charge in [0.25, 0.3) is 0 Å². The number of isocyanates is 1. The third-order valence-corrected chi connectivity index (χ3v) is 1.79. The Kier molecular flexibility index (Phi) is 4.38. The van der Waals surface area contributed by atoms with Crippen LogP contribution >= 0.6 is 0 Å². The van der Waals surface area contributed by atoms with E-state index in [9.17, 15) is 4.79 Å². The zero-order chi connectivity index (χ0) is 11.1. The molecule has 4 nitrogen and oxygen atoms in total. The lowest BCUT2D eigenvalue weighted by Crippen LogP contribution is -2.15. The first kappa shape index (κ1) is 11.3. The molecular weight excluding hydrogens is 194 g/mol. The summed E-state index contributed by atoms with van der Waals surface area (Å²) in [4.78, 5) is 13.3. The van der Waals surface area contributed by atoms with Crippen LogP contribution in [-0.4, -0.2) is 25.8 Å². The van der Waals surface area contributed by atoms with Gasteiger partial charge in [0, 0.05) is 6.07 Å². The number of hydrogen-bond donors (Lipinski definition) is 0. The number of aliphatic imine (C=N–C) groups is 1. The van der Waals surface area contributed by atoms with Crippen molar-refractivity contribution in [3.63, 3.8) is 0 Å². The Morgan fingerprint density at radius 1 is 1.47 bits per heavy atom. The van der Waals surface area contributed by atoms with E-state index in [1.165, 1.54) is 6.08 Å². The third kappa shape index (κ3) is 3.83. The molecule has 0 aromatic heterocycles. The predicted molar refractivity (Wildman–Crippen MR) is 56.1 cm³/mol. The minimum Gasteiger partial charge on any atom is -0.497 e. The van der Waals surface area contributed by atoms with E-state index < -0.39 is 0 Å². The number of benzene rings is 1. The Morgan fingerprint density at radius 2 is 2.20 bits per heavy atom. The summed E-state index contributed by atoms with van der Waals surface area (Å²) in [6.45, 7) is 2.14. The fraction of sp³-hybridized carbons (Fsp3) is 0.364. The maximum atomic E-state index is 9.89. The number of nitrogens with zero attached hydrogens (tertiary/aromatic N) is 1. The Bertz CT molecular complexity index is 359. The van der Waals surface area contributed by atoms with Crippen LogP contribution in [-0.2, 0) is 4.79 Å².